The van der Waals surface area contributed by atoms with Crippen molar-refractivity contribution >= 4 is 5.57 Å². The summed E-state index contributed by atoms with van der Waals surface area (Å²) in [5.74, 6) is 1.36. The van der Waals surface area contributed by atoms with Crippen molar-refractivity contribution in [3.63, 3.8) is 0 Å². The van der Waals surface area contributed by atoms with E-state index in [4.69, 9.17) is 0 Å². The minimum atomic E-state index is -4.32. The molecule has 0 saturated heterocycles. The number of rotatable bonds is 11. The van der Waals surface area contributed by atoms with Crippen molar-refractivity contribution < 1.29 is 13.2 Å². The second-order valence-corrected chi connectivity index (χ2v) is 10.8. The first-order valence-electron chi connectivity index (χ1n) is 13.6. The van der Waals surface area contributed by atoms with Gasteiger partial charge in [-0.3, -0.25) is 0 Å². The molecule has 3 unspecified atom stereocenters. The van der Waals surface area contributed by atoms with Crippen LogP contribution in [0.4, 0.5) is 13.2 Å². The zero-order valence-corrected chi connectivity index (χ0v) is 21.9. The highest BCUT2D eigenvalue weighted by molar-refractivity contribution is 5.64. The number of benzene rings is 2. The summed E-state index contributed by atoms with van der Waals surface area (Å²) in [5.41, 5.74) is 3.08. The highest BCUT2D eigenvalue weighted by Crippen LogP contribution is 2.53. The van der Waals surface area contributed by atoms with Crippen LogP contribution in [0.3, 0.4) is 0 Å². The van der Waals surface area contributed by atoms with Gasteiger partial charge in [-0.05, 0) is 96.9 Å². The summed E-state index contributed by atoms with van der Waals surface area (Å²) in [4.78, 5) is 0. The molecule has 35 heavy (non-hydrogen) atoms. The Bertz CT molecular complexity index is 943. The normalized spacial score (nSPS) is 22.8. The minimum absolute atomic E-state index is 0.316. The monoisotopic (exact) mass is 484 g/mol. The van der Waals surface area contributed by atoms with Crippen LogP contribution in [0.2, 0.25) is 0 Å². The van der Waals surface area contributed by atoms with Crippen molar-refractivity contribution in [3.8, 4) is 0 Å². The van der Waals surface area contributed by atoms with Gasteiger partial charge in [-0.25, -0.2) is 0 Å². The fourth-order valence-electron chi connectivity index (χ4n) is 6.65. The lowest BCUT2D eigenvalue weighted by molar-refractivity contribution is -0.138. The van der Waals surface area contributed by atoms with Crippen LogP contribution in [0.5, 0.6) is 0 Å². The van der Waals surface area contributed by atoms with Crippen LogP contribution >= 0.6 is 0 Å². The van der Waals surface area contributed by atoms with E-state index in [1.807, 2.05) is 6.07 Å². The lowest BCUT2D eigenvalue weighted by atomic mass is 9.59. The molecule has 3 heteroatoms. The standard InChI is InChI=1S/C32H43F3/c1-5-12-25-20-29(27-14-9-8-10-15-27)23-31(22-25,18-6-2)19-11-13-24(4)28-17-16-26(7-3)30(21-28)32(33,34)35/h8-10,14-17,21,25,29H,4-7,11-13,18-20,22-23H2,1-3H3. The molecule has 192 valence electrons. The van der Waals surface area contributed by atoms with Crippen LogP contribution < -0.4 is 0 Å². The molecule has 0 aliphatic heterocycles. The first-order chi connectivity index (χ1) is 16.7. The maximum atomic E-state index is 13.6. The third-order valence-corrected chi connectivity index (χ3v) is 8.16. The van der Waals surface area contributed by atoms with Crippen molar-refractivity contribution in [3.05, 3.63) is 77.4 Å². The van der Waals surface area contributed by atoms with Crippen LogP contribution in [0, 0.1) is 11.3 Å². The zero-order chi connectivity index (χ0) is 25.5. The second-order valence-electron chi connectivity index (χ2n) is 10.8. The molecule has 0 N–H and O–H groups in total. The van der Waals surface area contributed by atoms with Crippen LogP contribution in [0.25, 0.3) is 5.57 Å². The number of hydrogen-bond acceptors (Lipinski definition) is 0. The summed E-state index contributed by atoms with van der Waals surface area (Å²) in [5, 5.41) is 0. The van der Waals surface area contributed by atoms with Gasteiger partial charge in [0.15, 0.2) is 0 Å². The largest absolute Gasteiger partial charge is 0.416 e. The number of aryl methyl sites for hydroxylation is 1. The van der Waals surface area contributed by atoms with E-state index < -0.39 is 11.7 Å². The second kappa shape index (κ2) is 12.3. The Hall–Kier alpha value is -2.03. The molecule has 1 aliphatic rings. The van der Waals surface area contributed by atoms with Gasteiger partial charge < -0.3 is 0 Å². The Morgan fingerprint density at radius 2 is 1.71 bits per heavy atom. The number of hydrogen-bond donors (Lipinski definition) is 0. The molecule has 3 rings (SSSR count). The van der Waals surface area contributed by atoms with E-state index in [1.54, 1.807) is 13.0 Å². The SMILES string of the molecule is C=C(CCCC1(CCC)CC(CCC)CC(c2ccccc2)C1)c1ccc(CC)c(C(F)(F)F)c1. The van der Waals surface area contributed by atoms with E-state index in [0.717, 1.165) is 30.8 Å². The summed E-state index contributed by atoms with van der Waals surface area (Å²) in [6, 6.07) is 15.7. The maximum absolute atomic E-state index is 13.6. The number of halogens is 3. The van der Waals surface area contributed by atoms with Crippen LogP contribution in [-0.4, -0.2) is 0 Å². The molecule has 2 aromatic carbocycles. The van der Waals surface area contributed by atoms with Crippen LogP contribution in [0.1, 0.15) is 113 Å². The number of allylic oxidation sites excluding steroid dienone is 1. The summed E-state index contributed by atoms with van der Waals surface area (Å²) < 4.78 is 40.7. The Morgan fingerprint density at radius 1 is 0.971 bits per heavy atom. The van der Waals surface area contributed by atoms with Crippen LogP contribution in [-0.2, 0) is 12.6 Å². The van der Waals surface area contributed by atoms with Gasteiger partial charge in [-0.1, -0.05) is 89.1 Å². The van der Waals surface area contributed by atoms with Gasteiger partial charge in [-0.2, -0.15) is 13.2 Å². The predicted octanol–water partition coefficient (Wildman–Crippen LogP) is 10.6. The smallest absolute Gasteiger partial charge is 0.166 e. The Morgan fingerprint density at radius 3 is 2.34 bits per heavy atom. The molecule has 1 saturated carbocycles. The Labute approximate surface area is 211 Å². The molecule has 0 heterocycles. The van der Waals surface area contributed by atoms with Gasteiger partial charge in [0.25, 0.3) is 0 Å². The summed E-state index contributed by atoms with van der Waals surface area (Å²) in [6.45, 7) is 10.5. The molecule has 0 spiro atoms. The summed E-state index contributed by atoms with van der Waals surface area (Å²) in [6.07, 6.45) is 7.61. The summed E-state index contributed by atoms with van der Waals surface area (Å²) in [7, 11) is 0. The minimum Gasteiger partial charge on any atom is -0.166 e. The third-order valence-electron chi connectivity index (χ3n) is 8.16. The van der Waals surface area contributed by atoms with Crippen molar-refractivity contribution in [2.75, 3.05) is 0 Å². The number of alkyl halides is 3. The first-order valence-corrected chi connectivity index (χ1v) is 13.6. The lowest BCUT2D eigenvalue weighted by Crippen LogP contribution is -2.33. The summed E-state index contributed by atoms with van der Waals surface area (Å²) >= 11 is 0. The zero-order valence-electron chi connectivity index (χ0n) is 21.9. The Kier molecular flexibility index (Phi) is 9.67. The molecule has 2 aromatic rings. The topological polar surface area (TPSA) is 0 Å². The first kappa shape index (κ1) is 27.6. The van der Waals surface area contributed by atoms with E-state index in [-0.39, 0.29) is 0 Å². The highest BCUT2D eigenvalue weighted by Gasteiger charge is 2.39. The van der Waals surface area contributed by atoms with Gasteiger partial charge in [0.1, 0.15) is 0 Å². The van der Waals surface area contributed by atoms with Crippen molar-refractivity contribution in [2.45, 2.75) is 103 Å². The van der Waals surface area contributed by atoms with E-state index in [9.17, 15) is 13.2 Å². The van der Waals surface area contributed by atoms with E-state index in [0.29, 0.717) is 28.9 Å². The van der Waals surface area contributed by atoms with Gasteiger partial charge >= 0.3 is 6.18 Å². The molecular weight excluding hydrogens is 441 g/mol. The highest BCUT2D eigenvalue weighted by atomic mass is 19.4. The van der Waals surface area contributed by atoms with E-state index in [1.165, 1.54) is 56.6 Å². The van der Waals surface area contributed by atoms with Crippen LogP contribution in [0.15, 0.2) is 55.1 Å². The molecule has 1 fully saturated rings. The molecule has 1 aliphatic carbocycles. The average molecular weight is 485 g/mol. The average Bonchev–Trinajstić information content (AvgIpc) is 2.84. The third kappa shape index (κ3) is 7.24. The maximum Gasteiger partial charge on any atom is 0.416 e. The van der Waals surface area contributed by atoms with Gasteiger partial charge in [0, 0.05) is 0 Å². The van der Waals surface area contributed by atoms with Crippen molar-refractivity contribution in [1.29, 1.82) is 0 Å². The van der Waals surface area contributed by atoms with Gasteiger partial charge in [0.05, 0.1) is 5.56 Å². The molecule has 0 bridgehead atoms. The van der Waals surface area contributed by atoms with E-state index in [2.05, 4.69) is 50.8 Å². The van der Waals surface area contributed by atoms with Gasteiger partial charge in [-0.15, -0.1) is 0 Å². The lowest BCUT2D eigenvalue weighted by Gasteiger charge is -2.45. The quantitative estimate of drug-likeness (QED) is 0.297. The molecule has 0 radical (unpaired) electrons. The fourth-order valence-corrected chi connectivity index (χ4v) is 6.65. The molecular formula is C32H43F3. The fraction of sp³-hybridized carbons (Fsp3) is 0.562. The molecule has 0 nitrogen and oxygen atoms in total. The predicted molar refractivity (Wildman–Crippen MR) is 142 cm³/mol. The molecule has 0 aromatic heterocycles. The molecule has 0 amide bonds. The molecule has 3 atom stereocenters. The van der Waals surface area contributed by atoms with Gasteiger partial charge in [0.2, 0.25) is 0 Å². The van der Waals surface area contributed by atoms with Crippen molar-refractivity contribution in [1.82, 2.24) is 0 Å². The Balaban J connectivity index is 1.73. The van der Waals surface area contributed by atoms with E-state index >= 15 is 0 Å². The van der Waals surface area contributed by atoms with Crippen molar-refractivity contribution in [2.24, 2.45) is 11.3 Å².